The molecule has 0 spiro atoms. The number of aliphatic hydroxyl groups is 1. The predicted octanol–water partition coefficient (Wildman–Crippen LogP) is 5.35. The predicted molar refractivity (Wildman–Crippen MR) is 152 cm³/mol. The van der Waals surface area contributed by atoms with Crippen molar-refractivity contribution in [2.75, 3.05) is 33.8 Å². The van der Waals surface area contributed by atoms with Crippen molar-refractivity contribution in [1.29, 1.82) is 0 Å². The minimum Gasteiger partial charge on any atom is -0.507 e. The quantitative estimate of drug-likeness (QED) is 0.205. The fraction of sp³-hybridized carbons (Fsp3) is 0.312. The Morgan fingerprint density at radius 2 is 1.64 bits per heavy atom. The van der Waals surface area contributed by atoms with Gasteiger partial charge in [0.2, 0.25) is 0 Å². The number of carbonyl (C=O) groups is 2. The number of aryl methyl sites for hydroxylation is 1. The van der Waals surface area contributed by atoms with Gasteiger partial charge in [0.25, 0.3) is 11.7 Å². The number of amides is 1. The third kappa shape index (κ3) is 6.49. The van der Waals surface area contributed by atoms with Crippen LogP contribution in [0.5, 0.6) is 11.5 Å². The SMILES string of the molecule is CCOc1ccc([C@H]2/C(=C(\O)c3ccc(OCc4ccccc4)cc3C)C(=O)C(=O)N2CCCN(C)C)cc1. The molecule has 1 atom stereocenters. The van der Waals surface area contributed by atoms with Gasteiger partial charge in [0.15, 0.2) is 0 Å². The largest absolute Gasteiger partial charge is 0.507 e. The second kappa shape index (κ2) is 12.6. The number of benzene rings is 3. The van der Waals surface area contributed by atoms with Crippen molar-refractivity contribution in [2.24, 2.45) is 0 Å². The maximum Gasteiger partial charge on any atom is 0.295 e. The molecule has 0 unspecified atom stereocenters. The lowest BCUT2D eigenvalue weighted by molar-refractivity contribution is -0.139. The molecular formula is C32H36N2O5. The maximum absolute atomic E-state index is 13.3. The van der Waals surface area contributed by atoms with Gasteiger partial charge in [0.1, 0.15) is 23.9 Å². The summed E-state index contributed by atoms with van der Waals surface area (Å²) in [6.07, 6.45) is 0.695. The van der Waals surface area contributed by atoms with Crippen LogP contribution in [-0.2, 0) is 16.2 Å². The maximum atomic E-state index is 13.3. The molecule has 3 aromatic rings. The molecule has 1 heterocycles. The van der Waals surface area contributed by atoms with Crippen LogP contribution in [0.15, 0.2) is 78.4 Å². The molecule has 0 saturated carbocycles. The zero-order chi connectivity index (χ0) is 27.9. The van der Waals surface area contributed by atoms with Crippen molar-refractivity contribution in [3.8, 4) is 11.5 Å². The van der Waals surface area contributed by atoms with Crippen LogP contribution in [-0.4, -0.2) is 60.4 Å². The third-order valence-electron chi connectivity index (χ3n) is 6.75. The van der Waals surface area contributed by atoms with E-state index < -0.39 is 17.7 Å². The molecule has 39 heavy (non-hydrogen) atoms. The van der Waals surface area contributed by atoms with Gasteiger partial charge in [0, 0.05) is 12.1 Å². The standard InChI is InChI=1S/C32H36N2O5/c1-5-38-25-14-12-24(13-15-25)29-28(31(36)32(37)34(29)19-9-18-33(3)4)30(35)27-17-16-26(20-22(27)2)39-21-23-10-7-6-8-11-23/h6-8,10-17,20,29,35H,5,9,18-19,21H2,1-4H3/b30-28+/t29-/m0/s1. The first-order chi connectivity index (χ1) is 18.8. The Labute approximate surface area is 230 Å². The van der Waals surface area contributed by atoms with Crippen molar-refractivity contribution in [2.45, 2.75) is 32.9 Å². The van der Waals surface area contributed by atoms with Crippen LogP contribution in [0.25, 0.3) is 5.76 Å². The average molecular weight is 529 g/mol. The van der Waals surface area contributed by atoms with Crippen LogP contribution in [0.1, 0.15) is 41.6 Å². The van der Waals surface area contributed by atoms with Gasteiger partial charge in [-0.3, -0.25) is 9.59 Å². The highest BCUT2D eigenvalue weighted by atomic mass is 16.5. The summed E-state index contributed by atoms with van der Waals surface area (Å²) >= 11 is 0. The Hall–Kier alpha value is -4.10. The van der Waals surface area contributed by atoms with Crippen LogP contribution in [0.4, 0.5) is 0 Å². The number of ketones is 1. The first-order valence-corrected chi connectivity index (χ1v) is 13.2. The van der Waals surface area contributed by atoms with Crippen LogP contribution in [0, 0.1) is 6.92 Å². The Kier molecular flexibility index (Phi) is 9.04. The molecule has 204 valence electrons. The lowest BCUT2D eigenvalue weighted by Gasteiger charge is -2.26. The average Bonchev–Trinajstić information content (AvgIpc) is 3.18. The molecule has 0 radical (unpaired) electrons. The molecule has 7 heteroatoms. The summed E-state index contributed by atoms with van der Waals surface area (Å²) in [4.78, 5) is 30.2. The number of likely N-dealkylation sites (tertiary alicyclic amines) is 1. The van der Waals surface area contributed by atoms with E-state index >= 15 is 0 Å². The molecule has 0 bridgehead atoms. The van der Waals surface area contributed by atoms with Crippen molar-refractivity contribution >= 4 is 17.4 Å². The number of carbonyl (C=O) groups excluding carboxylic acids is 2. The van der Waals surface area contributed by atoms with Gasteiger partial charge in [-0.05, 0) is 87.9 Å². The summed E-state index contributed by atoms with van der Waals surface area (Å²) in [6, 6.07) is 21.8. The highest BCUT2D eigenvalue weighted by molar-refractivity contribution is 6.46. The fourth-order valence-corrected chi connectivity index (χ4v) is 4.81. The van der Waals surface area contributed by atoms with Crippen LogP contribution >= 0.6 is 0 Å². The molecule has 1 fully saturated rings. The van der Waals surface area contributed by atoms with Gasteiger partial charge in [-0.2, -0.15) is 0 Å². The fourth-order valence-electron chi connectivity index (χ4n) is 4.81. The minimum atomic E-state index is -0.698. The van der Waals surface area contributed by atoms with E-state index in [0.29, 0.717) is 43.2 Å². The van der Waals surface area contributed by atoms with Crippen LogP contribution in [0.3, 0.4) is 0 Å². The number of hydrogen-bond acceptors (Lipinski definition) is 6. The number of rotatable bonds is 11. The number of hydrogen-bond donors (Lipinski definition) is 1. The van der Waals surface area contributed by atoms with E-state index in [0.717, 1.165) is 23.2 Å². The lowest BCUT2D eigenvalue weighted by atomic mass is 9.93. The van der Waals surface area contributed by atoms with Crippen molar-refractivity contribution in [1.82, 2.24) is 9.80 Å². The van der Waals surface area contributed by atoms with E-state index in [1.165, 1.54) is 0 Å². The Balaban J connectivity index is 1.68. The second-order valence-corrected chi connectivity index (χ2v) is 9.90. The van der Waals surface area contributed by atoms with E-state index in [9.17, 15) is 14.7 Å². The van der Waals surface area contributed by atoms with Gasteiger partial charge < -0.3 is 24.4 Å². The number of nitrogens with zero attached hydrogens (tertiary/aromatic N) is 2. The van der Waals surface area contributed by atoms with Crippen molar-refractivity contribution in [3.05, 3.63) is 101 Å². The molecule has 3 aromatic carbocycles. The molecule has 1 aliphatic rings. The Morgan fingerprint density at radius 3 is 2.28 bits per heavy atom. The zero-order valence-corrected chi connectivity index (χ0v) is 23.0. The van der Waals surface area contributed by atoms with E-state index in [4.69, 9.17) is 9.47 Å². The highest BCUT2D eigenvalue weighted by Gasteiger charge is 2.45. The molecular weight excluding hydrogens is 492 g/mol. The normalized spacial score (nSPS) is 16.6. The Bertz CT molecular complexity index is 1330. The smallest absolute Gasteiger partial charge is 0.295 e. The molecule has 1 amide bonds. The second-order valence-electron chi connectivity index (χ2n) is 9.90. The summed E-state index contributed by atoms with van der Waals surface area (Å²) in [5.74, 6) is -0.114. The number of Topliss-reactive ketones (excluding diaryl/α,β-unsaturated/α-hetero) is 1. The molecule has 4 rings (SSSR count). The van der Waals surface area contributed by atoms with E-state index in [1.54, 1.807) is 17.0 Å². The molecule has 1 aliphatic heterocycles. The number of aliphatic hydroxyl groups excluding tert-OH is 1. The summed E-state index contributed by atoms with van der Waals surface area (Å²) in [5, 5.41) is 11.5. The van der Waals surface area contributed by atoms with E-state index in [-0.39, 0.29) is 11.3 Å². The summed E-state index contributed by atoms with van der Waals surface area (Å²) in [7, 11) is 3.93. The van der Waals surface area contributed by atoms with Crippen molar-refractivity contribution in [3.63, 3.8) is 0 Å². The molecule has 1 N–H and O–H groups in total. The van der Waals surface area contributed by atoms with E-state index in [2.05, 4.69) is 0 Å². The first-order valence-electron chi connectivity index (χ1n) is 13.2. The van der Waals surface area contributed by atoms with Gasteiger partial charge >= 0.3 is 0 Å². The van der Waals surface area contributed by atoms with Gasteiger partial charge in [-0.25, -0.2) is 0 Å². The summed E-state index contributed by atoms with van der Waals surface area (Å²) in [5.41, 5.74) is 3.11. The van der Waals surface area contributed by atoms with Gasteiger partial charge in [-0.15, -0.1) is 0 Å². The molecule has 1 saturated heterocycles. The third-order valence-corrected chi connectivity index (χ3v) is 6.75. The van der Waals surface area contributed by atoms with Crippen molar-refractivity contribution < 1.29 is 24.2 Å². The molecule has 0 aliphatic carbocycles. The van der Waals surface area contributed by atoms with Crippen LogP contribution in [0.2, 0.25) is 0 Å². The minimum absolute atomic E-state index is 0.0927. The van der Waals surface area contributed by atoms with E-state index in [1.807, 2.05) is 93.5 Å². The van der Waals surface area contributed by atoms with Gasteiger partial charge in [-0.1, -0.05) is 42.5 Å². The Morgan fingerprint density at radius 1 is 0.949 bits per heavy atom. The topological polar surface area (TPSA) is 79.3 Å². The van der Waals surface area contributed by atoms with Gasteiger partial charge in [0.05, 0.1) is 18.2 Å². The highest BCUT2D eigenvalue weighted by Crippen LogP contribution is 2.40. The number of ether oxygens (including phenoxy) is 2. The first kappa shape index (κ1) is 27.9. The van der Waals surface area contributed by atoms with Crippen LogP contribution < -0.4 is 9.47 Å². The lowest BCUT2D eigenvalue weighted by Crippen LogP contribution is -2.32. The monoisotopic (exact) mass is 528 g/mol. The molecule has 0 aromatic heterocycles. The zero-order valence-electron chi connectivity index (χ0n) is 23.0. The summed E-state index contributed by atoms with van der Waals surface area (Å²) < 4.78 is 11.5. The molecule has 7 nitrogen and oxygen atoms in total. The summed E-state index contributed by atoms with van der Waals surface area (Å²) in [6.45, 7) is 5.87.